The Balaban J connectivity index is 1.82. The number of hydrogen-bond donors (Lipinski definition) is 1. The molecule has 104 valence electrons. The van der Waals surface area contributed by atoms with Gasteiger partial charge in [0.25, 0.3) is 0 Å². The zero-order valence-electron chi connectivity index (χ0n) is 12.0. The van der Waals surface area contributed by atoms with E-state index in [-0.39, 0.29) is 0 Å². The van der Waals surface area contributed by atoms with Crippen molar-refractivity contribution >= 4 is 5.69 Å². The molecule has 1 aliphatic heterocycles. The molecule has 1 saturated heterocycles. The standard InChI is InChI=1S/C18H22N2/c1-2-15-8-6-7-11-18(15)20-13-12-19-17(14-20)16-9-4-3-5-10-16/h3-11,17,19H,2,12-14H2,1H3. The van der Waals surface area contributed by atoms with Gasteiger partial charge in [-0.1, -0.05) is 55.5 Å². The van der Waals surface area contributed by atoms with Crippen molar-refractivity contribution in [1.82, 2.24) is 5.32 Å². The summed E-state index contributed by atoms with van der Waals surface area (Å²) in [7, 11) is 0. The maximum atomic E-state index is 3.63. The van der Waals surface area contributed by atoms with E-state index in [1.165, 1.54) is 16.8 Å². The summed E-state index contributed by atoms with van der Waals surface area (Å²) in [5.41, 5.74) is 4.23. The van der Waals surface area contributed by atoms with Crippen LogP contribution < -0.4 is 10.2 Å². The number of aryl methyl sites for hydroxylation is 1. The highest BCUT2D eigenvalue weighted by Gasteiger charge is 2.21. The molecule has 2 heteroatoms. The maximum Gasteiger partial charge on any atom is 0.0498 e. The van der Waals surface area contributed by atoms with Gasteiger partial charge in [-0.25, -0.2) is 0 Å². The lowest BCUT2D eigenvalue weighted by Crippen LogP contribution is -2.46. The first-order valence-electron chi connectivity index (χ1n) is 7.49. The molecule has 0 aliphatic carbocycles. The smallest absolute Gasteiger partial charge is 0.0498 e. The Morgan fingerprint density at radius 2 is 1.80 bits per heavy atom. The van der Waals surface area contributed by atoms with Crippen LogP contribution in [-0.2, 0) is 6.42 Å². The van der Waals surface area contributed by atoms with Crippen LogP contribution in [0.25, 0.3) is 0 Å². The minimum Gasteiger partial charge on any atom is -0.368 e. The fraction of sp³-hybridized carbons (Fsp3) is 0.333. The number of anilines is 1. The lowest BCUT2D eigenvalue weighted by atomic mass is 10.0. The van der Waals surface area contributed by atoms with E-state index in [9.17, 15) is 0 Å². The van der Waals surface area contributed by atoms with Gasteiger partial charge in [-0.2, -0.15) is 0 Å². The predicted octanol–water partition coefficient (Wildman–Crippen LogP) is 3.40. The number of benzene rings is 2. The molecular weight excluding hydrogens is 244 g/mol. The zero-order valence-corrected chi connectivity index (χ0v) is 12.0. The Labute approximate surface area is 121 Å². The minimum absolute atomic E-state index is 0.426. The van der Waals surface area contributed by atoms with Gasteiger partial charge in [0, 0.05) is 31.4 Å². The molecule has 0 bridgehead atoms. The Bertz CT molecular complexity index is 550. The van der Waals surface area contributed by atoms with Gasteiger partial charge in [-0.3, -0.25) is 0 Å². The van der Waals surface area contributed by atoms with Crippen molar-refractivity contribution < 1.29 is 0 Å². The largest absolute Gasteiger partial charge is 0.368 e. The van der Waals surface area contributed by atoms with E-state index < -0.39 is 0 Å². The number of hydrogen-bond acceptors (Lipinski definition) is 2. The average molecular weight is 266 g/mol. The van der Waals surface area contributed by atoms with Crippen molar-refractivity contribution in [2.75, 3.05) is 24.5 Å². The highest BCUT2D eigenvalue weighted by molar-refractivity contribution is 5.54. The van der Waals surface area contributed by atoms with Gasteiger partial charge < -0.3 is 10.2 Å². The van der Waals surface area contributed by atoms with Crippen LogP contribution in [0.5, 0.6) is 0 Å². The third-order valence-electron chi connectivity index (χ3n) is 4.09. The number of nitrogens with one attached hydrogen (secondary N) is 1. The van der Waals surface area contributed by atoms with Crippen LogP contribution in [0.4, 0.5) is 5.69 Å². The van der Waals surface area contributed by atoms with Gasteiger partial charge in [0.15, 0.2) is 0 Å². The molecule has 2 aromatic rings. The third-order valence-corrected chi connectivity index (χ3v) is 4.09. The molecule has 2 aromatic carbocycles. The molecule has 20 heavy (non-hydrogen) atoms. The van der Waals surface area contributed by atoms with Crippen LogP contribution in [-0.4, -0.2) is 19.6 Å². The fourth-order valence-electron chi connectivity index (χ4n) is 3.00. The van der Waals surface area contributed by atoms with E-state index >= 15 is 0 Å². The number of piperazine rings is 1. The summed E-state index contributed by atoms with van der Waals surface area (Å²) in [5.74, 6) is 0. The number of para-hydroxylation sites is 1. The van der Waals surface area contributed by atoms with Gasteiger partial charge in [0.05, 0.1) is 0 Å². The monoisotopic (exact) mass is 266 g/mol. The molecule has 2 nitrogen and oxygen atoms in total. The summed E-state index contributed by atoms with van der Waals surface area (Å²) in [6, 6.07) is 20.0. The van der Waals surface area contributed by atoms with Crippen LogP contribution in [0.2, 0.25) is 0 Å². The normalized spacial score (nSPS) is 19.1. The third kappa shape index (κ3) is 2.70. The van der Waals surface area contributed by atoms with E-state index in [2.05, 4.69) is 71.7 Å². The molecule has 1 N–H and O–H groups in total. The summed E-state index contributed by atoms with van der Waals surface area (Å²) < 4.78 is 0. The van der Waals surface area contributed by atoms with Crippen molar-refractivity contribution in [3.8, 4) is 0 Å². The Kier molecular flexibility index (Phi) is 4.03. The van der Waals surface area contributed by atoms with Gasteiger partial charge in [-0.05, 0) is 23.6 Å². The van der Waals surface area contributed by atoms with Crippen LogP contribution >= 0.6 is 0 Å². The molecule has 0 aromatic heterocycles. The Hall–Kier alpha value is -1.80. The Morgan fingerprint density at radius 1 is 1.05 bits per heavy atom. The first-order valence-corrected chi connectivity index (χ1v) is 7.49. The second-order valence-electron chi connectivity index (χ2n) is 5.35. The SMILES string of the molecule is CCc1ccccc1N1CCNC(c2ccccc2)C1. The number of nitrogens with zero attached hydrogens (tertiary/aromatic N) is 1. The lowest BCUT2D eigenvalue weighted by Gasteiger charge is -2.36. The van der Waals surface area contributed by atoms with Gasteiger partial charge in [-0.15, -0.1) is 0 Å². The van der Waals surface area contributed by atoms with Crippen molar-refractivity contribution in [3.63, 3.8) is 0 Å². The number of rotatable bonds is 3. The molecular formula is C18H22N2. The molecule has 1 heterocycles. The minimum atomic E-state index is 0.426. The summed E-state index contributed by atoms with van der Waals surface area (Å²) in [4.78, 5) is 2.52. The zero-order chi connectivity index (χ0) is 13.8. The molecule has 0 spiro atoms. The van der Waals surface area contributed by atoms with Gasteiger partial charge in [0.2, 0.25) is 0 Å². The molecule has 1 atom stereocenters. The van der Waals surface area contributed by atoms with Crippen LogP contribution in [0.3, 0.4) is 0 Å². The second-order valence-corrected chi connectivity index (χ2v) is 5.35. The van der Waals surface area contributed by atoms with Crippen molar-refractivity contribution in [2.45, 2.75) is 19.4 Å². The molecule has 1 aliphatic rings. The van der Waals surface area contributed by atoms with Gasteiger partial charge in [0.1, 0.15) is 0 Å². The van der Waals surface area contributed by atoms with E-state index in [0.29, 0.717) is 6.04 Å². The first kappa shape index (κ1) is 13.2. The summed E-state index contributed by atoms with van der Waals surface area (Å²) in [5, 5.41) is 3.63. The van der Waals surface area contributed by atoms with Crippen LogP contribution in [0, 0.1) is 0 Å². The van der Waals surface area contributed by atoms with Crippen LogP contribution in [0.1, 0.15) is 24.1 Å². The second kappa shape index (κ2) is 6.10. The highest BCUT2D eigenvalue weighted by Crippen LogP contribution is 2.25. The lowest BCUT2D eigenvalue weighted by molar-refractivity contribution is 0.471. The summed E-state index contributed by atoms with van der Waals surface area (Å²) in [6.45, 7) is 5.40. The van der Waals surface area contributed by atoms with E-state index in [0.717, 1.165) is 26.1 Å². The Morgan fingerprint density at radius 3 is 2.60 bits per heavy atom. The summed E-state index contributed by atoms with van der Waals surface area (Å²) in [6.07, 6.45) is 1.09. The molecule has 0 radical (unpaired) electrons. The molecule has 1 unspecified atom stereocenters. The molecule has 3 rings (SSSR count). The molecule has 0 amide bonds. The predicted molar refractivity (Wildman–Crippen MR) is 85.2 cm³/mol. The average Bonchev–Trinajstić information content (AvgIpc) is 2.56. The maximum absolute atomic E-state index is 3.63. The molecule has 0 saturated carbocycles. The summed E-state index contributed by atoms with van der Waals surface area (Å²) >= 11 is 0. The first-order chi connectivity index (χ1) is 9.88. The van der Waals surface area contributed by atoms with Crippen molar-refractivity contribution in [1.29, 1.82) is 0 Å². The van der Waals surface area contributed by atoms with E-state index in [1.54, 1.807) is 0 Å². The van der Waals surface area contributed by atoms with Crippen LogP contribution in [0.15, 0.2) is 54.6 Å². The quantitative estimate of drug-likeness (QED) is 0.916. The van der Waals surface area contributed by atoms with Crippen molar-refractivity contribution in [3.05, 3.63) is 65.7 Å². The van der Waals surface area contributed by atoms with Crippen molar-refractivity contribution in [2.24, 2.45) is 0 Å². The van der Waals surface area contributed by atoms with E-state index in [4.69, 9.17) is 0 Å². The topological polar surface area (TPSA) is 15.3 Å². The van der Waals surface area contributed by atoms with E-state index in [1.807, 2.05) is 0 Å². The van der Waals surface area contributed by atoms with Gasteiger partial charge >= 0.3 is 0 Å². The fourth-order valence-corrected chi connectivity index (χ4v) is 3.00. The molecule has 1 fully saturated rings. The highest BCUT2D eigenvalue weighted by atomic mass is 15.2.